The number of carbonyl (C=O) groups is 2. The molecule has 2 aromatic carbocycles. The molecule has 0 radical (unpaired) electrons. The van der Waals surface area contributed by atoms with E-state index in [0.717, 1.165) is 12.1 Å². The third kappa shape index (κ3) is 3.75. The number of phenolic OH excluding ortho intramolecular Hbond substituents is 1. The molecule has 1 aliphatic heterocycles. The second kappa shape index (κ2) is 8.22. The highest BCUT2D eigenvalue weighted by Crippen LogP contribution is 2.40. The quantitative estimate of drug-likeness (QED) is 0.346. The Bertz CT molecular complexity index is 923. The van der Waals surface area contributed by atoms with Crippen LogP contribution in [0.3, 0.4) is 0 Å². The number of likely N-dealkylation sites (tertiary alicyclic amines) is 1. The lowest BCUT2D eigenvalue weighted by Crippen LogP contribution is -2.31. The van der Waals surface area contributed by atoms with Crippen LogP contribution in [-0.4, -0.2) is 47.1 Å². The number of aliphatic hydroxyl groups is 1. The van der Waals surface area contributed by atoms with Gasteiger partial charge in [0.2, 0.25) is 0 Å². The van der Waals surface area contributed by atoms with E-state index in [1.807, 2.05) is 0 Å². The van der Waals surface area contributed by atoms with E-state index in [-0.39, 0.29) is 29.2 Å². The van der Waals surface area contributed by atoms with Crippen molar-refractivity contribution in [2.24, 2.45) is 0 Å². The number of Topliss-reactive ketones (excluding diaryl/α,β-unsaturated/α-hetero) is 1. The van der Waals surface area contributed by atoms with Gasteiger partial charge in [0.15, 0.2) is 0 Å². The van der Waals surface area contributed by atoms with Crippen molar-refractivity contribution in [3.63, 3.8) is 0 Å². The lowest BCUT2D eigenvalue weighted by atomic mass is 9.95. The van der Waals surface area contributed by atoms with Gasteiger partial charge in [0.05, 0.1) is 11.6 Å². The number of amides is 1. The van der Waals surface area contributed by atoms with Crippen molar-refractivity contribution in [2.75, 3.05) is 20.3 Å². The number of halogens is 1. The van der Waals surface area contributed by atoms with Crippen LogP contribution < -0.4 is 0 Å². The smallest absolute Gasteiger partial charge is 0.295 e. The SMILES string of the molecule is COCCCN1C(=O)C(=O)/C(=C(\O)c2ccc(F)cc2)C1c1cccc(O)c1. The molecule has 6 nitrogen and oxygen atoms in total. The van der Waals surface area contributed by atoms with Crippen molar-refractivity contribution in [3.8, 4) is 5.75 Å². The number of phenols is 1. The van der Waals surface area contributed by atoms with Gasteiger partial charge in [0.1, 0.15) is 17.3 Å². The van der Waals surface area contributed by atoms with Gasteiger partial charge in [-0.05, 0) is 48.4 Å². The predicted octanol–water partition coefficient (Wildman–Crippen LogP) is 2.99. The normalized spacial score (nSPS) is 18.6. The first-order valence-electron chi connectivity index (χ1n) is 8.76. The highest BCUT2D eigenvalue weighted by molar-refractivity contribution is 6.46. The van der Waals surface area contributed by atoms with Crippen molar-refractivity contribution in [1.82, 2.24) is 4.90 Å². The van der Waals surface area contributed by atoms with E-state index in [2.05, 4.69) is 0 Å². The number of hydrogen-bond donors (Lipinski definition) is 2. The Morgan fingerprint density at radius 3 is 2.54 bits per heavy atom. The van der Waals surface area contributed by atoms with Crippen LogP contribution in [-0.2, 0) is 14.3 Å². The summed E-state index contributed by atoms with van der Waals surface area (Å²) < 4.78 is 18.2. The third-order valence-corrected chi connectivity index (χ3v) is 4.59. The molecule has 0 aromatic heterocycles. The van der Waals surface area contributed by atoms with E-state index >= 15 is 0 Å². The Kier molecular flexibility index (Phi) is 5.75. The highest BCUT2D eigenvalue weighted by Gasteiger charge is 2.45. The van der Waals surface area contributed by atoms with Crippen molar-refractivity contribution in [2.45, 2.75) is 12.5 Å². The summed E-state index contributed by atoms with van der Waals surface area (Å²) in [6.45, 7) is 0.632. The van der Waals surface area contributed by atoms with Gasteiger partial charge in [0, 0.05) is 25.8 Å². The number of aliphatic hydroxyl groups excluding tert-OH is 1. The zero-order chi connectivity index (χ0) is 20.3. The van der Waals surface area contributed by atoms with Gasteiger partial charge in [-0.2, -0.15) is 0 Å². The minimum Gasteiger partial charge on any atom is -0.508 e. The first-order chi connectivity index (χ1) is 13.4. The lowest BCUT2D eigenvalue weighted by Gasteiger charge is -2.25. The summed E-state index contributed by atoms with van der Waals surface area (Å²) in [7, 11) is 1.54. The van der Waals surface area contributed by atoms with Gasteiger partial charge in [-0.1, -0.05) is 12.1 Å². The minimum atomic E-state index is -0.867. The maximum Gasteiger partial charge on any atom is 0.295 e. The fourth-order valence-electron chi connectivity index (χ4n) is 3.29. The lowest BCUT2D eigenvalue weighted by molar-refractivity contribution is -0.140. The second-order valence-corrected chi connectivity index (χ2v) is 6.44. The van der Waals surface area contributed by atoms with Crippen LogP contribution in [0.5, 0.6) is 5.75 Å². The summed E-state index contributed by atoms with van der Waals surface area (Å²) in [5.74, 6) is -2.47. The molecule has 0 spiro atoms. The van der Waals surface area contributed by atoms with E-state index < -0.39 is 23.5 Å². The molecule has 1 unspecified atom stereocenters. The molecule has 1 amide bonds. The first kappa shape index (κ1) is 19.6. The van der Waals surface area contributed by atoms with Gasteiger partial charge >= 0.3 is 0 Å². The standard InChI is InChI=1S/C21H20FNO5/c1-28-11-3-10-23-18(14-4-2-5-16(24)12-14)17(20(26)21(23)27)19(25)13-6-8-15(22)9-7-13/h2,4-9,12,18,24-25H,3,10-11H2,1H3/b19-17-. The molecule has 1 heterocycles. The summed E-state index contributed by atoms with van der Waals surface area (Å²) >= 11 is 0. The molecule has 1 fully saturated rings. The van der Waals surface area contributed by atoms with Gasteiger partial charge in [0.25, 0.3) is 11.7 Å². The number of methoxy groups -OCH3 is 1. The number of hydrogen-bond acceptors (Lipinski definition) is 5. The van der Waals surface area contributed by atoms with Gasteiger partial charge in [-0.25, -0.2) is 4.39 Å². The van der Waals surface area contributed by atoms with Crippen molar-refractivity contribution >= 4 is 17.4 Å². The first-order valence-corrected chi connectivity index (χ1v) is 8.76. The number of benzene rings is 2. The molecule has 1 aliphatic rings. The Morgan fingerprint density at radius 1 is 1.18 bits per heavy atom. The van der Waals surface area contributed by atoms with E-state index in [9.17, 15) is 24.2 Å². The Hall–Kier alpha value is -3.19. The van der Waals surface area contributed by atoms with Crippen molar-refractivity contribution < 1.29 is 28.9 Å². The highest BCUT2D eigenvalue weighted by atomic mass is 19.1. The topological polar surface area (TPSA) is 87.1 Å². The van der Waals surface area contributed by atoms with Crippen LogP contribution in [0, 0.1) is 5.82 Å². The summed E-state index contributed by atoms with van der Waals surface area (Å²) in [6.07, 6.45) is 0.495. The van der Waals surface area contributed by atoms with Crippen LogP contribution in [0.4, 0.5) is 4.39 Å². The molecular formula is C21H20FNO5. The molecular weight excluding hydrogens is 365 g/mol. The number of ether oxygens (including phenoxy) is 1. The molecule has 0 bridgehead atoms. The molecule has 3 rings (SSSR count). The van der Waals surface area contributed by atoms with Crippen LogP contribution in [0.2, 0.25) is 0 Å². The Morgan fingerprint density at radius 2 is 1.89 bits per heavy atom. The van der Waals surface area contributed by atoms with Crippen molar-refractivity contribution in [3.05, 3.63) is 71.0 Å². The third-order valence-electron chi connectivity index (χ3n) is 4.59. The fourth-order valence-corrected chi connectivity index (χ4v) is 3.29. The van der Waals surface area contributed by atoms with Crippen LogP contribution >= 0.6 is 0 Å². The molecule has 2 aromatic rings. The van der Waals surface area contributed by atoms with Crippen molar-refractivity contribution in [1.29, 1.82) is 0 Å². The average Bonchev–Trinajstić information content (AvgIpc) is 2.93. The molecule has 1 saturated heterocycles. The molecule has 7 heteroatoms. The summed E-state index contributed by atoms with van der Waals surface area (Å²) in [6, 6.07) is 10.3. The Labute approximate surface area is 161 Å². The molecule has 146 valence electrons. The molecule has 0 saturated carbocycles. The van der Waals surface area contributed by atoms with E-state index in [0.29, 0.717) is 18.6 Å². The van der Waals surface area contributed by atoms with E-state index in [4.69, 9.17) is 4.74 Å². The predicted molar refractivity (Wildman–Crippen MR) is 100 cm³/mol. The number of carbonyl (C=O) groups excluding carboxylic acids is 2. The fraction of sp³-hybridized carbons (Fsp3) is 0.238. The van der Waals surface area contributed by atoms with Crippen LogP contribution in [0.15, 0.2) is 54.1 Å². The Balaban J connectivity index is 2.12. The molecule has 1 atom stereocenters. The van der Waals surface area contributed by atoms with E-state index in [1.165, 1.54) is 36.3 Å². The molecule has 0 aliphatic carbocycles. The number of nitrogens with zero attached hydrogens (tertiary/aromatic N) is 1. The second-order valence-electron chi connectivity index (χ2n) is 6.44. The number of rotatable bonds is 6. The van der Waals surface area contributed by atoms with Gasteiger partial charge in [-0.15, -0.1) is 0 Å². The van der Waals surface area contributed by atoms with E-state index in [1.54, 1.807) is 12.1 Å². The minimum absolute atomic E-state index is 0.0261. The van der Waals surface area contributed by atoms with Gasteiger partial charge in [-0.3, -0.25) is 9.59 Å². The molecule has 28 heavy (non-hydrogen) atoms. The summed E-state index contributed by atoms with van der Waals surface area (Å²) in [5, 5.41) is 20.6. The largest absolute Gasteiger partial charge is 0.508 e. The summed E-state index contributed by atoms with van der Waals surface area (Å²) in [4.78, 5) is 26.7. The number of ketones is 1. The average molecular weight is 385 g/mol. The maximum absolute atomic E-state index is 13.2. The zero-order valence-corrected chi connectivity index (χ0v) is 15.3. The zero-order valence-electron chi connectivity index (χ0n) is 15.3. The summed E-state index contributed by atoms with van der Waals surface area (Å²) in [5.41, 5.74) is 0.612. The molecule has 2 N–H and O–H groups in total. The van der Waals surface area contributed by atoms with Crippen LogP contribution in [0.25, 0.3) is 5.76 Å². The maximum atomic E-state index is 13.2. The number of aromatic hydroxyl groups is 1. The van der Waals surface area contributed by atoms with Gasteiger partial charge < -0.3 is 19.8 Å². The van der Waals surface area contributed by atoms with Crippen LogP contribution in [0.1, 0.15) is 23.6 Å². The monoisotopic (exact) mass is 385 g/mol.